The second-order valence-corrected chi connectivity index (χ2v) is 10.2. The van der Waals surface area contributed by atoms with E-state index in [1.807, 2.05) is 48.5 Å². The first-order valence-corrected chi connectivity index (χ1v) is 14.1. The van der Waals surface area contributed by atoms with E-state index in [2.05, 4.69) is 53.7 Å². The Morgan fingerprint density at radius 3 is 2.58 bits per heavy atom. The van der Waals surface area contributed by atoms with Crippen molar-refractivity contribution in [3.05, 3.63) is 101 Å². The van der Waals surface area contributed by atoms with E-state index < -0.39 is 0 Å². The first-order chi connectivity index (χ1) is 19.6. The van der Waals surface area contributed by atoms with Crippen LogP contribution in [0, 0.1) is 0 Å². The van der Waals surface area contributed by atoms with Crippen LogP contribution in [0.1, 0.15) is 52.6 Å². The van der Waals surface area contributed by atoms with Crippen molar-refractivity contribution >= 4 is 23.4 Å². The van der Waals surface area contributed by atoms with Crippen LogP contribution in [-0.2, 0) is 25.3 Å². The van der Waals surface area contributed by atoms with Gasteiger partial charge in [0.05, 0.1) is 18.7 Å². The highest BCUT2D eigenvalue weighted by atomic mass is 32.2. The van der Waals surface area contributed by atoms with Gasteiger partial charge in [-0.1, -0.05) is 79.7 Å². The fraction of sp³-hybridized carbons (Fsp3) is 0.241. The van der Waals surface area contributed by atoms with Crippen molar-refractivity contribution in [2.24, 2.45) is 0 Å². The summed E-state index contributed by atoms with van der Waals surface area (Å²) in [5, 5.41) is 36.3. The van der Waals surface area contributed by atoms with Crippen LogP contribution in [0.3, 0.4) is 0 Å². The number of unbranched alkanes of at least 4 members (excludes halogenated alkanes) is 1. The van der Waals surface area contributed by atoms with Crippen molar-refractivity contribution in [2.75, 3.05) is 5.32 Å². The summed E-state index contributed by atoms with van der Waals surface area (Å²) in [5.41, 5.74) is 4.85. The molecule has 5 rings (SSSR count). The number of aromatic nitrogens is 7. The van der Waals surface area contributed by atoms with Crippen LogP contribution in [0.5, 0.6) is 0 Å². The maximum atomic E-state index is 13.1. The minimum absolute atomic E-state index is 0.0254. The normalized spacial score (nSPS) is 11.1. The fourth-order valence-corrected chi connectivity index (χ4v) is 5.20. The number of aliphatic hydroxyl groups is 1. The highest BCUT2D eigenvalue weighted by Crippen LogP contribution is 2.25. The third-order valence-electron chi connectivity index (χ3n) is 6.40. The van der Waals surface area contributed by atoms with Crippen LogP contribution in [0.15, 0.2) is 78.0 Å². The minimum atomic E-state index is -0.252. The van der Waals surface area contributed by atoms with Crippen molar-refractivity contribution < 1.29 is 9.90 Å². The van der Waals surface area contributed by atoms with Crippen molar-refractivity contribution in [1.29, 1.82) is 0 Å². The molecular formula is C29H30N8O2S. The van der Waals surface area contributed by atoms with Crippen LogP contribution in [0.2, 0.25) is 0 Å². The number of tetrazole rings is 1. The lowest BCUT2D eigenvalue weighted by Gasteiger charge is -2.12. The Kier molecular flexibility index (Phi) is 8.94. The zero-order chi connectivity index (χ0) is 27.7. The Labute approximate surface area is 236 Å². The molecule has 3 N–H and O–H groups in total. The molecule has 0 radical (unpaired) electrons. The number of nitrogens with zero attached hydrogens (tertiary/aromatic N) is 6. The SMILES string of the molecule is CCCCc1nnc(SCc2cccc(CO)c2)n1Cc1ccc(NC(=O)c2ccccc2-c2nn[nH]n2)cc1. The monoisotopic (exact) mass is 554 g/mol. The lowest BCUT2D eigenvalue weighted by atomic mass is 10.1. The third kappa shape index (κ3) is 6.61. The quantitative estimate of drug-likeness (QED) is 0.186. The number of hydrogen-bond acceptors (Lipinski definition) is 8. The average molecular weight is 555 g/mol. The lowest BCUT2D eigenvalue weighted by molar-refractivity contribution is 0.102. The van der Waals surface area contributed by atoms with Gasteiger partial charge in [-0.05, 0) is 46.5 Å². The maximum absolute atomic E-state index is 13.1. The molecule has 0 fully saturated rings. The Balaban J connectivity index is 1.29. The van der Waals surface area contributed by atoms with Gasteiger partial charge in [0.15, 0.2) is 5.16 Å². The molecule has 40 heavy (non-hydrogen) atoms. The zero-order valence-electron chi connectivity index (χ0n) is 22.1. The maximum Gasteiger partial charge on any atom is 0.256 e. The second-order valence-electron chi connectivity index (χ2n) is 9.29. The molecule has 0 saturated heterocycles. The summed E-state index contributed by atoms with van der Waals surface area (Å²) in [6.45, 7) is 2.82. The molecule has 0 aliphatic heterocycles. The molecule has 204 valence electrons. The summed E-state index contributed by atoms with van der Waals surface area (Å²) in [6, 6.07) is 22.9. The number of aliphatic hydroxyl groups excluding tert-OH is 1. The summed E-state index contributed by atoms with van der Waals surface area (Å²) >= 11 is 1.64. The Hall–Kier alpha value is -4.35. The van der Waals surface area contributed by atoms with Crippen molar-refractivity contribution in [3.63, 3.8) is 0 Å². The molecule has 0 aliphatic carbocycles. The molecule has 2 heterocycles. The van der Waals surface area contributed by atoms with Gasteiger partial charge in [0.25, 0.3) is 5.91 Å². The van der Waals surface area contributed by atoms with E-state index in [1.54, 1.807) is 30.0 Å². The molecule has 10 nitrogen and oxygen atoms in total. The molecule has 0 unspecified atom stereocenters. The largest absolute Gasteiger partial charge is 0.392 e. The smallest absolute Gasteiger partial charge is 0.256 e. The van der Waals surface area contributed by atoms with Crippen molar-refractivity contribution in [3.8, 4) is 11.4 Å². The summed E-state index contributed by atoms with van der Waals surface area (Å²) in [6.07, 6.45) is 2.98. The topological polar surface area (TPSA) is 134 Å². The number of thioether (sulfide) groups is 1. The number of carbonyl (C=O) groups is 1. The zero-order valence-corrected chi connectivity index (χ0v) is 22.9. The van der Waals surface area contributed by atoms with E-state index in [0.29, 0.717) is 29.2 Å². The summed E-state index contributed by atoms with van der Waals surface area (Å²) < 4.78 is 2.17. The molecule has 11 heteroatoms. The van der Waals surface area contributed by atoms with Gasteiger partial charge in [-0.3, -0.25) is 4.79 Å². The molecule has 0 aliphatic rings. The fourth-order valence-electron chi connectivity index (χ4n) is 4.30. The van der Waals surface area contributed by atoms with Gasteiger partial charge in [0.2, 0.25) is 5.82 Å². The van der Waals surface area contributed by atoms with Gasteiger partial charge >= 0.3 is 0 Å². The van der Waals surface area contributed by atoms with Crippen LogP contribution in [-0.4, -0.2) is 46.4 Å². The predicted octanol–water partition coefficient (Wildman–Crippen LogP) is 4.89. The molecule has 0 spiro atoms. The number of amides is 1. The standard InChI is InChI=1S/C29H30N8O2S/c1-2-3-11-26-31-34-29(40-19-22-8-6-7-21(16-22)18-38)37(26)17-20-12-14-23(15-13-20)30-28(39)25-10-5-4-9-24(25)27-32-35-36-33-27/h4-10,12-16,38H,2-3,11,17-19H2,1H3,(H,30,39)(H,32,33,35,36). The van der Waals surface area contributed by atoms with Gasteiger partial charge in [-0.15, -0.1) is 20.4 Å². The highest BCUT2D eigenvalue weighted by Gasteiger charge is 2.16. The first kappa shape index (κ1) is 27.2. The lowest BCUT2D eigenvalue weighted by Crippen LogP contribution is -2.13. The van der Waals surface area contributed by atoms with Gasteiger partial charge in [-0.25, -0.2) is 0 Å². The molecule has 3 aromatic carbocycles. The predicted molar refractivity (Wildman–Crippen MR) is 154 cm³/mol. The van der Waals surface area contributed by atoms with Gasteiger partial charge < -0.3 is 15.0 Å². The average Bonchev–Trinajstić information content (AvgIpc) is 3.67. The number of anilines is 1. The Morgan fingerprint density at radius 2 is 1.80 bits per heavy atom. The Bertz CT molecular complexity index is 1550. The summed E-state index contributed by atoms with van der Waals surface area (Å²) in [4.78, 5) is 13.1. The number of aromatic amines is 1. The van der Waals surface area contributed by atoms with E-state index in [9.17, 15) is 9.90 Å². The second kappa shape index (κ2) is 13.1. The van der Waals surface area contributed by atoms with Gasteiger partial charge in [0.1, 0.15) is 5.82 Å². The van der Waals surface area contributed by atoms with Crippen LogP contribution < -0.4 is 5.32 Å². The number of hydrogen-bond donors (Lipinski definition) is 3. The molecule has 5 aromatic rings. The summed E-state index contributed by atoms with van der Waals surface area (Å²) in [7, 11) is 0. The number of benzene rings is 3. The number of rotatable bonds is 12. The molecule has 0 saturated carbocycles. The van der Waals surface area contributed by atoms with E-state index in [-0.39, 0.29) is 12.5 Å². The van der Waals surface area contributed by atoms with E-state index in [1.165, 1.54) is 0 Å². The third-order valence-corrected chi connectivity index (χ3v) is 7.44. The van der Waals surface area contributed by atoms with Crippen molar-refractivity contribution in [1.82, 2.24) is 35.4 Å². The van der Waals surface area contributed by atoms with Crippen LogP contribution in [0.4, 0.5) is 5.69 Å². The van der Waals surface area contributed by atoms with Crippen LogP contribution in [0.25, 0.3) is 11.4 Å². The summed E-state index contributed by atoms with van der Waals surface area (Å²) in [5.74, 6) is 1.81. The van der Waals surface area contributed by atoms with E-state index >= 15 is 0 Å². The number of nitrogens with one attached hydrogen (secondary N) is 2. The minimum Gasteiger partial charge on any atom is -0.392 e. The number of H-pyrrole nitrogens is 1. The molecule has 1 amide bonds. The highest BCUT2D eigenvalue weighted by molar-refractivity contribution is 7.98. The molecule has 0 bridgehead atoms. The van der Waals surface area contributed by atoms with Crippen LogP contribution >= 0.6 is 11.8 Å². The van der Waals surface area contributed by atoms with E-state index in [4.69, 9.17) is 0 Å². The molecule has 0 atom stereocenters. The number of aryl methyl sites for hydroxylation is 1. The molecule has 2 aromatic heterocycles. The number of carbonyl (C=O) groups excluding carboxylic acids is 1. The van der Waals surface area contributed by atoms with E-state index in [0.717, 1.165) is 52.7 Å². The first-order valence-electron chi connectivity index (χ1n) is 13.1. The van der Waals surface area contributed by atoms with Gasteiger partial charge in [0, 0.05) is 23.4 Å². The van der Waals surface area contributed by atoms with Crippen molar-refractivity contribution in [2.45, 2.75) is 50.2 Å². The molecular weight excluding hydrogens is 524 g/mol. The van der Waals surface area contributed by atoms with Gasteiger partial charge in [-0.2, -0.15) is 5.21 Å². The Morgan fingerprint density at radius 1 is 0.975 bits per heavy atom.